The smallest absolute Gasteiger partial charge is 0.191 e. The molecule has 2 N–H and O–H groups in total. The van der Waals surface area contributed by atoms with Crippen LogP contribution in [0.4, 0.5) is 5.69 Å². The minimum atomic E-state index is 0.476. The quantitative estimate of drug-likeness (QED) is 0.427. The van der Waals surface area contributed by atoms with Gasteiger partial charge in [0.05, 0.1) is 0 Å². The van der Waals surface area contributed by atoms with E-state index in [-0.39, 0.29) is 0 Å². The van der Waals surface area contributed by atoms with Gasteiger partial charge < -0.3 is 15.5 Å². The number of nitrogens with one attached hydrogen (secondary N) is 2. The number of anilines is 1. The molecule has 2 aromatic rings. The van der Waals surface area contributed by atoms with Gasteiger partial charge in [-0.1, -0.05) is 48.6 Å². The lowest BCUT2D eigenvalue weighted by Gasteiger charge is -2.33. The van der Waals surface area contributed by atoms with Crippen LogP contribution in [0.15, 0.2) is 65.7 Å². The Labute approximate surface area is 186 Å². The normalized spacial score (nSPS) is 17.9. The Morgan fingerprint density at radius 3 is 2.39 bits per heavy atom. The number of hydrogen-bond donors (Lipinski definition) is 2. The maximum absolute atomic E-state index is 4.44. The molecule has 0 aromatic heterocycles. The molecule has 0 atom stereocenters. The van der Waals surface area contributed by atoms with Crippen LogP contribution in [0, 0.1) is 6.92 Å². The van der Waals surface area contributed by atoms with Gasteiger partial charge in [-0.05, 0) is 48.6 Å². The summed E-state index contributed by atoms with van der Waals surface area (Å²) in [5, 5.41) is 7.10. The number of benzene rings is 2. The summed E-state index contributed by atoms with van der Waals surface area (Å²) in [6.45, 7) is 8.30. The molecule has 0 bridgehead atoms. The van der Waals surface area contributed by atoms with Crippen molar-refractivity contribution in [2.75, 3.05) is 38.1 Å². The van der Waals surface area contributed by atoms with Crippen LogP contribution in [0.5, 0.6) is 0 Å². The van der Waals surface area contributed by atoms with E-state index in [0.717, 1.165) is 58.1 Å². The molecule has 2 aliphatic rings. The maximum Gasteiger partial charge on any atom is 0.191 e. The van der Waals surface area contributed by atoms with Crippen molar-refractivity contribution >= 4 is 11.6 Å². The molecule has 1 saturated heterocycles. The number of aryl methyl sites for hydroxylation is 1. The van der Waals surface area contributed by atoms with E-state index in [2.05, 4.69) is 93.0 Å². The van der Waals surface area contributed by atoms with Crippen LogP contribution in [0.1, 0.15) is 29.5 Å². The zero-order valence-electron chi connectivity index (χ0n) is 18.8. The maximum atomic E-state index is 4.44. The second-order valence-electron chi connectivity index (χ2n) is 8.59. The summed E-state index contributed by atoms with van der Waals surface area (Å²) in [7, 11) is 1.85. The molecule has 31 heavy (non-hydrogen) atoms. The van der Waals surface area contributed by atoms with Gasteiger partial charge in [0.2, 0.25) is 0 Å². The van der Waals surface area contributed by atoms with Gasteiger partial charge in [-0.25, -0.2) is 0 Å². The van der Waals surface area contributed by atoms with Crippen LogP contribution in [0.2, 0.25) is 0 Å². The lowest BCUT2D eigenvalue weighted by atomic mass is 10.0. The molecule has 4 rings (SSSR count). The van der Waals surface area contributed by atoms with Crippen molar-refractivity contribution in [3.8, 4) is 0 Å². The molecule has 2 heterocycles. The van der Waals surface area contributed by atoms with Gasteiger partial charge >= 0.3 is 0 Å². The molecule has 2 aromatic carbocycles. The minimum absolute atomic E-state index is 0.476. The van der Waals surface area contributed by atoms with E-state index >= 15 is 0 Å². The predicted octanol–water partition coefficient (Wildman–Crippen LogP) is 3.70. The molecule has 0 unspecified atom stereocenters. The van der Waals surface area contributed by atoms with Crippen molar-refractivity contribution < 1.29 is 0 Å². The van der Waals surface area contributed by atoms with Crippen molar-refractivity contribution in [2.45, 2.75) is 38.9 Å². The van der Waals surface area contributed by atoms with Crippen LogP contribution in [-0.4, -0.2) is 50.1 Å². The average molecular weight is 418 g/mol. The third-order valence-electron chi connectivity index (χ3n) is 6.39. The summed E-state index contributed by atoms with van der Waals surface area (Å²) in [5.74, 6) is 0.894. The molecule has 0 aliphatic carbocycles. The summed E-state index contributed by atoms with van der Waals surface area (Å²) >= 11 is 0. The first-order valence-electron chi connectivity index (χ1n) is 11.4. The second-order valence-corrected chi connectivity index (χ2v) is 8.59. The summed E-state index contributed by atoms with van der Waals surface area (Å²) in [5.41, 5.74) is 5.39. The van der Waals surface area contributed by atoms with E-state index in [1.54, 1.807) is 0 Å². The standard InChI is InChI=1S/C26H35N5/c1-21-7-3-4-8-23(21)20-30-17-13-24(14-18-30)29-26(27-2)28-19-22-9-11-25(12-10-22)31-15-5-6-16-31/h3-12,24H,13-20H2,1-2H3,(H2,27,28,29). The van der Waals surface area contributed by atoms with Gasteiger partial charge in [-0.3, -0.25) is 9.89 Å². The average Bonchev–Trinajstić information content (AvgIpc) is 3.35. The molecule has 0 saturated carbocycles. The topological polar surface area (TPSA) is 42.9 Å². The molecule has 5 heteroatoms. The van der Waals surface area contributed by atoms with Gasteiger partial charge in [0.25, 0.3) is 0 Å². The van der Waals surface area contributed by atoms with Gasteiger partial charge in [0, 0.05) is 58.0 Å². The first-order chi connectivity index (χ1) is 15.2. The predicted molar refractivity (Wildman–Crippen MR) is 131 cm³/mol. The minimum Gasteiger partial charge on any atom is -0.364 e. The third-order valence-corrected chi connectivity index (χ3v) is 6.39. The fourth-order valence-electron chi connectivity index (χ4n) is 4.35. The van der Waals surface area contributed by atoms with E-state index in [1.165, 1.54) is 22.4 Å². The number of guanidine groups is 1. The van der Waals surface area contributed by atoms with Crippen LogP contribution >= 0.6 is 0 Å². The molecular weight excluding hydrogens is 382 g/mol. The highest BCUT2D eigenvalue weighted by atomic mass is 15.2. The number of aliphatic imine (C=N–C) groups is 1. The fraction of sp³-hybridized carbons (Fsp3) is 0.423. The Balaban J connectivity index is 1.20. The molecule has 5 nitrogen and oxygen atoms in total. The Hall–Kier alpha value is -2.79. The second kappa shape index (κ2) is 10.5. The zero-order chi connectivity index (χ0) is 21.5. The molecule has 0 amide bonds. The Kier molecular flexibility index (Phi) is 7.26. The van der Waals surface area contributed by atoms with E-state index in [4.69, 9.17) is 0 Å². The summed E-state index contributed by atoms with van der Waals surface area (Å²) in [6, 6.07) is 18.0. The highest BCUT2D eigenvalue weighted by Crippen LogP contribution is 2.18. The summed E-state index contributed by atoms with van der Waals surface area (Å²) in [4.78, 5) is 9.37. The highest BCUT2D eigenvalue weighted by molar-refractivity contribution is 5.80. The van der Waals surface area contributed by atoms with Crippen molar-refractivity contribution in [3.63, 3.8) is 0 Å². The van der Waals surface area contributed by atoms with Crippen molar-refractivity contribution in [1.82, 2.24) is 15.5 Å². The van der Waals surface area contributed by atoms with Gasteiger partial charge in [0.15, 0.2) is 5.96 Å². The zero-order valence-corrected chi connectivity index (χ0v) is 18.8. The first-order valence-corrected chi connectivity index (χ1v) is 11.4. The monoisotopic (exact) mass is 417 g/mol. The van der Waals surface area contributed by atoms with Crippen LogP contribution in [0.3, 0.4) is 0 Å². The van der Waals surface area contributed by atoms with Crippen LogP contribution in [-0.2, 0) is 13.1 Å². The molecule has 0 radical (unpaired) electrons. The molecule has 0 spiro atoms. The fourth-order valence-corrected chi connectivity index (χ4v) is 4.35. The number of hydrogen-bond acceptors (Lipinski definition) is 3. The Bertz CT molecular complexity index is 886. The number of likely N-dealkylation sites (tertiary alicyclic amines) is 1. The first kappa shape index (κ1) is 21.4. The lowest BCUT2D eigenvalue weighted by Crippen LogP contribution is -2.48. The molecular formula is C26H35N5. The number of piperidine rings is 1. The number of rotatable bonds is 6. The van der Waals surface area contributed by atoms with Crippen molar-refractivity contribution in [2.24, 2.45) is 4.99 Å². The van der Waals surface area contributed by atoms with Gasteiger partial charge in [-0.2, -0.15) is 0 Å². The Morgan fingerprint density at radius 2 is 1.71 bits per heavy atom. The van der Waals surface area contributed by atoms with E-state index in [9.17, 15) is 0 Å². The SMILES string of the molecule is CN=C(NCc1ccc(N2CC=CC2)cc1)NC1CCN(Cc2ccccc2C)CC1. The molecule has 1 fully saturated rings. The van der Waals surface area contributed by atoms with Gasteiger partial charge in [0.1, 0.15) is 0 Å². The molecule has 2 aliphatic heterocycles. The van der Waals surface area contributed by atoms with Crippen molar-refractivity contribution in [3.05, 3.63) is 77.4 Å². The van der Waals surface area contributed by atoms with E-state index in [1.807, 2.05) is 7.05 Å². The van der Waals surface area contributed by atoms with Crippen LogP contribution in [0.25, 0.3) is 0 Å². The van der Waals surface area contributed by atoms with Gasteiger partial charge in [-0.15, -0.1) is 0 Å². The lowest BCUT2D eigenvalue weighted by molar-refractivity contribution is 0.198. The third kappa shape index (κ3) is 5.88. The Morgan fingerprint density at radius 1 is 1.00 bits per heavy atom. The van der Waals surface area contributed by atoms with E-state index in [0.29, 0.717) is 6.04 Å². The summed E-state index contributed by atoms with van der Waals surface area (Å²) < 4.78 is 0. The van der Waals surface area contributed by atoms with Crippen LogP contribution < -0.4 is 15.5 Å². The van der Waals surface area contributed by atoms with E-state index < -0.39 is 0 Å². The number of nitrogens with zero attached hydrogens (tertiary/aromatic N) is 3. The van der Waals surface area contributed by atoms with Crippen molar-refractivity contribution in [1.29, 1.82) is 0 Å². The largest absolute Gasteiger partial charge is 0.364 e. The molecule has 164 valence electrons. The highest BCUT2D eigenvalue weighted by Gasteiger charge is 2.20. The summed E-state index contributed by atoms with van der Waals surface area (Å²) in [6.07, 6.45) is 6.73.